The highest BCUT2D eigenvalue weighted by atomic mass is 16.4. The first kappa shape index (κ1) is 20.6. The lowest BCUT2D eigenvalue weighted by molar-refractivity contribution is -0.142. The second-order valence-corrected chi connectivity index (χ2v) is 7.68. The van der Waals surface area contributed by atoms with Crippen LogP contribution in [0.3, 0.4) is 0 Å². The Kier molecular flexibility index (Phi) is 6.96. The molecule has 0 aromatic carbocycles. The van der Waals surface area contributed by atoms with Gasteiger partial charge in [-0.05, 0) is 31.6 Å². The Balaban J connectivity index is 2.23. The minimum absolute atomic E-state index is 0.153. The van der Waals surface area contributed by atoms with Crippen LogP contribution in [0.4, 0.5) is 0 Å². The molecule has 0 aromatic rings. The highest BCUT2D eigenvalue weighted by Crippen LogP contribution is 2.35. The molecule has 9 heteroatoms. The lowest BCUT2D eigenvalue weighted by Gasteiger charge is -2.37. The number of carbonyl (C=O) groups excluding carboxylic acids is 2. The molecule has 5 atom stereocenters. The fraction of sp³-hybridized carbons (Fsp3) is 0.824. The van der Waals surface area contributed by atoms with Gasteiger partial charge in [0.1, 0.15) is 12.3 Å². The summed E-state index contributed by atoms with van der Waals surface area (Å²) in [5.74, 6) is -1.94. The number of amides is 2. The smallest absolute Gasteiger partial charge is 0.306 e. The van der Waals surface area contributed by atoms with Crippen molar-refractivity contribution in [3.8, 4) is 0 Å². The van der Waals surface area contributed by atoms with E-state index in [1.165, 1.54) is 6.92 Å². The van der Waals surface area contributed by atoms with Crippen molar-refractivity contribution in [2.24, 2.45) is 29.2 Å². The SMILES string of the molecule is CC(=O)NC(C(=O)N1CCCC(C)C1)C1CC(C(=O)O)CC1NC(N)N. The molecule has 2 fully saturated rings. The van der Waals surface area contributed by atoms with Crippen molar-refractivity contribution in [1.82, 2.24) is 15.5 Å². The summed E-state index contributed by atoms with van der Waals surface area (Å²) in [5.41, 5.74) is 11.3. The highest BCUT2D eigenvalue weighted by Gasteiger charge is 2.46. The molecule has 1 heterocycles. The van der Waals surface area contributed by atoms with E-state index in [-0.39, 0.29) is 23.8 Å². The number of aliphatic carboxylic acids is 1. The van der Waals surface area contributed by atoms with E-state index in [0.717, 1.165) is 12.8 Å². The second kappa shape index (κ2) is 8.79. The zero-order chi connectivity index (χ0) is 19.4. The summed E-state index contributed by atoms with van der Waals surface area (Å²) in [7, 11) is 0. The molecule has 148 valence electrons. The van der Waals surface area contributed by atoms with E-state index in [4.69, 9.17) is 11.5 Å². The van der Waals surface area contributed by atoms with Crippen LogP contribution in [0.5, 0.6) is 0 Å². The van der Waals surface area contributed by atoms with Gasteiger partial charge in [0.25, 0.3) is 0 Å². The molecule has 7 N–H and O–H groups in total. The number of hydrogen-bond acceptors (Lipinski definition) is 6. The van der Waals surface area contributed by atoms with E-state index in [9.17, 15) is 19.5 Å². The number of likely N-dealkylation sites (tertiary alicyclic amines) is 1. The maximum Gasteiger partial charge on any atom is 0.306 e. The molecule has 0 aromatic heterocycles. The largest absolute Gasteiger partial charge is 0.481 e. The second-order valence-electron chi connectivity index (χ2n) is 7.68. The lowest BCUT2D eigenvalue weighted by atomic mass is 9.90. The summed E-state index contributed by atoms with van der Waals surface area (Å²) in [6, 6.07) is -1.13. The monoisotopic (exact) mass is 369 g/mol. The molecule has 0 radical (unpaired) electrons. The third-order valence-electron chi connectivity index (χ3n) is 5.39. The third kappa shape index (κ3) is 5.15. The first-order chi connectivity index (χ1) is 12.2. The number of carboxylic acid groups (broad SMARTS) is 1. The number of rotatable bonds is 6. The van der Waals surface area contributed by atoms with Crippen LogP contribution in [0.1, 0.15) is 39.5 Å². The normalized spacial score (nSPS) is 30.3. The van der Waals surface area contributed by atoms with Crippen LogP contribution in [0.2, 0.25) is 0 Å². The molecule has 2 rings (SSSR count). The molecule has 2 amide bonds. The van der Waals surface area contributed by atoms with Gasteiger partial charge in [-0.1, -0.05) is 6.92 Å². The molecule has 1 aliphatic carbocycles. The summed E-state index contributed by atoms with van der Waals surface area (Å²) in [6.45, 7) is 4.77. The third-order valence-corrected chi connectivity index (χ3v) is 5.39. The molecule has 0 bridgehead atoms. The van der Waals surface area contributed by atoms with Gasteiger partial charge in [0.2, 0.25) is 11.8 Å². The average molecular weight is 369 g/mol. The van der Waals surface area contributed by atoms with Gasteiger partial charge in [-0.3, -0.25) is 19.7 Å². The maximum atomic E-state index is 13.1. The molecule has 0 spiro atoms. The van der Waals surface area contributed by atoms with Gasteiger partial charge in [-0.25, -0.2) is 0 Å². The Morgan fingerprint density at radius 2 is 1.92 bits per heavy atom. The summed E-state index contributed by atoms with van der Waals surface area (Å²) < 4.78 is 0. The van der Waals surface area contributed by atoms with Crippen molar-refractivity contribution in [1.29, 1.82) is 0 Å². The van der Waals surface area contributed by atoms with Crippen LogP contribution < -0.4 is 22.1 Å². The Labute approximate surface area is 153 Å². The van der Waals surface area contributed by atoms with E-state index in [1.807, 2.05) is 0 Å². The molecular weight excluding hydrogens is 338 g/mol. The van der Waals surface area contributed by atoms with Crippen molar-refractivity contribution >= 4 is 17.8 Å². The molecule has 1 aliphatic heterocycles. The Morgan fingerprint density at radius 3 is 2.46 bits per heavy atom. The van der Waals surface area contributed by atoms with Gasteiger partial charge in [-0.15, -0.1) is 0 Å². The van der Waals surface area contributed by atoms with Crippen molar-refractivity contribution < 1.29 is 19.5 Å². The Morgan fingerprint density at radius 1 is 1.23 bits per heavy atom. The van der Waals surface area contributed by atoms with E-state index in [2.05, 4.69) is 17.6 Å². The molecular formula is C17H31N5O4. The number of nitrogens with zero attached hydrogens (tertiary/aromatic N) is 1. The van der Waals surface area contributed by atoms with Crippen LogP contribution in [-0.4, -0.2) is 59.3 Å². The molecule has 1 saturated carbocycles. The molecule has 5 unspecified atom stereocenters. The summed E-state index contributed by atoms with van der Waals surface area (Å²) in [6.07, 6.45) is 1.80. The van der Waals surface area contributed by atoms with Crippen LogP contribution in [-0.2, 0) is 14.4 Å². The van der Waals surface area contributed by atoms with Gasteiger partial charge in [-0.2, -0.15) is 0 Å². The number of carbonyl (C=O) groups is 3. The predicted molar refractivity (Wildman–Crippen MR) is 95.5 cm³/mol. The standard InChI is InChI=1S/C17H31N5O4/c1-9-4-3-5-22(8-9)15(24)14(20-10(2)23)12-6-11(16(25)26)7-13(12)21-17(18)19/h9,11-14,17,21H,3-8,18-19H2,1-2H3,(H,20,23)(H,25,26). The number of carboxylic acids is 1. The zero-order valence-corrected chi connectivity index (χ0v) is 15.5. The van der Waals surface area contributed by atoms with Crippen molar-refractivity contribution in [3.05, 3.63) is 0 Å². The average Bonchev–Trinajstić information content (AvgIpc) is 2.95. The molecule has 9 nitrogen and oxygen atoms in total. The number of nitrogens with one attached hydrogen (secondary N) is 2. The molecule has 26 heavy (non-hydrogen) atoms. The minimum Gasteiger partial charge on any atom is -0.481 e. The summed E-state index contributed by atoms with van der Waals surface area (Å²) in [5, 5.41) is 15.1. The van der Waals surface area contributed by atoms with E-state index < -0.39 is 24.2 Å². The zero-order valence-electron chi connectivity index (χ0n) is 15.5. The Hall–Kier alpha value is -1.71. The predicted octanol–water partition coefficient (Wildman–Crippen LogP) is -0.980. The molecule has 2 aliphatic rings. The van der Waals surface area contributed by atoms with Crippen LogP contribution in [0, 0.1) is 17.8 Å². The van der Waals surface area contributed by atoms with Crippen molar-refractivity contribution in [2.75, 3.05) is 13.1 Å². The van der Waals surface area contributed by atoms with E-state index in [0.29, 0.717) is 31.8 Å². The lowest BCUT2D eigenvalue weighted by Crippen LogP contribution is -2.59. The van der Waals surface area contributed by atoms with Crippen LogP contribution >= 0.6 is 0 Å². The number of hydrogen-bond donors (Lipinski definition) is 5. The first-order valence-electron chi connectivity index (χ1n) is 9.25. The topological polar surface area (TPSA) is 151 Å². The summed E-state index contributed by atoms with van der Waals surface area (Å²) >= 11 is 0. The van der Waals surface area contributed by atoms with E-state index in [1.54, 1.807) is 4.90 Å². The highest BCUT2D eigenvalue weighted by molar-refractivity contribution is 5.87. The fourth-order valence-corrected chi connectivity index (χ4v) is 4.24. The van der Waals surface area contributed by atoms with Crippen LogP contribution in [0.25, 0.3) is 0 Å². The maximum absolute atomic E-state index is 13.1. The first-order valence-corrected chi connectivity index (χ1v) is 9.25. The minimum atomic E-state index is -0.912. The van der Waals surface area contributed by atoms with Gasteiger partial charge in [0, 0.05) is 32.0 Å². The van der Waals surface area contributed by atoms with E-state index >= 15 is 0 Å². The summed E-state index contributed by atoms with van der Waals surface area (Å²) in [4.78, 5) is 38.1. The van der Waals surface area contributed by atoms with Crippen LogP contribution in [0.15, 0.2) is 0 Å². The van der Waals surface area contributed by atoms with Crippen molar-refractivity contribution in [3.63, 3.8) is 0 Å². The van der Waals surface area contributed by atoms with Gasteiger partial charge < -0.3 is 26.8 Å². The fourth-order valence-electron chi connectivity index (χ4n) is 4.24. The van der Waals surface area contributed by atoms with Gasteiger partial charge >= 0.3 is 5.97 Å². The van der Waals surface area contributed by atoms with Crippen molar-refractivity contribution in [2.45, 2.75) is 57.9 Å². The number of nitrogens with two attached hydrogens (primary N) is 2. The van der Waals surface area contributed by atoms with Gasteiger partial charge in [0.15, 0.2) is 0 Å². The van der Waals surface area contributed by atoms with Gasteiger partial charge in [0.05, 0.1) is 5.92 Å². The molecule has 1 saturated heterocycles. The Bertz CT molecular complexity index is 541. The quantitative estimate of drug-likeness (QED) is 0.377. The number of piperidine rings is 1.